The molecule has 0 saturated heterocycles. The number of rotatable bonds is 8. The van der Waals surface area contributed by atoms with Gasteiger partial charge in [0.1, 0.15) is 0 Å². The fourth-order valence-corrected chi connectivity index (χ4v) is 0.861. The molecule has 0 radical (unpaired) electrons. The Bertz CT molecular complexity index is 420. The van der Waals surface area contributed by atoms with Gasteiger partial charge in [-0.1, -0.05) is 11.8 Å². The third kappa shape index (κ3) is 11.5. The summed E-state index contributed by atoms with van der Waals surface area (Å²) < 4.78 is 0. The molecular weight excluding hydrogens is 328 g/mol. The van der Waals surface area contributed by atoms with E-state index in [2.05, 4.69) is 41.2 Å². The zero-order valence-electron chi connectivity index (χ0n) is 14.5. The van der Waals surface area contributed by atoms with Crippen LogP contribution < -0.4 is 0 Å². The number of carbonyl (C=O) groups excluding carboxylic acids is 2. The molecular formula is C14H22O10. The first-order valence-electron chi connectivity index (χ1n) is 7.04. The molecule has 0 spiro atoms. The Hall–Kier alpha value is -2.06. The van der Waals surface area contributed by atoms with Gasteiger partial charge in [-0.2, -0.15) is 29.1 Å². The Morgan fingerprint density at radius 1 is 0.708 bits per heavy atom. The van der Waals surface area contributed by atoms with Gasteiger partial charge in [-0.05, 0) is 41.5 Å². The Morgan fingerprint density at radius 3 is 1.33 bits per heavy atom. The molecule has 0 N–H and O–H groups in total. The summed E-state index contributed by atoms with van der Waals surface area (Å²) in [5.41, 5.74) is -2.39. The summed E-state index contributed by atoms with van der Waals surface area (Å²) in [5.74, 6) is 5.29. The van der Waals surface area contributed by atoms with E-state index in [4.69, 9.17) is 9.78 Å². The van der Waals surface area contributed by atoms with Crippen molar-refractivity contribution >= 4 is 12.3 Å². The first-order chi connectivity index (χ1) is 11.1. The maximum Gasteiger partial charge on any atom is 0.573 e. The zero-order valence-corrected chi connectivity index (χ0v) is 14.5. The fraction of sp³-hybridized carbons (Fsp3) is 0.714. The molecule has 0 bridgehead atoms. The third-order valence-corrected chi connectivity index (χ3v) is 1.79. The highest BCUT2D eigenvalue weighted by Gasteiger charge is 2.24. The molecule has 0 saturated carbocycles. The standard InChI is InChI=1S/C14H22O10/c1-7-17-19-11(15)21-23-13(3,4)9-10-14(5,6)24-22-12(16)20-18-8-2/h7-8H2,1-6H3. The molecule has 0 aliphatic rings. The van der Waals surface area contributed by atoms with Gasteiger partial charge in [0.2, 0.25) is 0 Å². The minimum atomic E-state index is -1.20. The SMILES string of the molecule is CCOOC(=O)OOC(C)(C)C#CC(C)(C)OOC(=O)OOCC. The maximum atomic E-state index is 11.1. The first-order valence-corrected chi connectivity index (χ1v) is 7.04. The van der Waals surface area contributed by atoms with E-state index in [1.165, 1.54) is 27.7 Å². The van der Waals surface area contributed by atoms with Crippen LogP contribution in [0.2, 0.25) is 0 Å². The van der Waals surface area contributed by atoms with Crippen molar-refractivity contribution in [2.24, 2.45) is 0 Å². The van der Waals surface area contributed by atoms with Crippen LogP contribution in [0.4, 0.5) is 9.59 Å². The van der Waals surface area contributed by atoms with Crippen molar-refractivity contribution in [1.82, 2.24) is 0 Å². The monoisotopic (exact) mass is 350 g/mol. The van der Waals surface area contributed by atoms with Gasteiger partial charge in [-0.25, -0.2) is 0 Å². The number of hydrogen-bond acceptors (Lipinski definition) is 10. The molecule has 10 heteroatoms. The summed E-state index contributed by atoms with van der Waals surface area (Å²) in [7, 11) is 0. The Labute approximate surface area is 139 Å². The summed E-state index contributed by atoms with van der Waals surface area (Å²) in [4.78, 5) is 57.6. The second-order valence-corrected chi connectivity index (χ2v) is 5.08. The molecule has 0 aromatic rings. The van der Waals surface area contributed by atoms with Crippen molar-refractivity contribution in [3.63, 3.8) is 0 Å². The molecule has 0 fully saturated rings. The van der Waals surface area contributed by atoms with Crippen LogP contribution in [0.5, 0.6) is 0 Å². The van der Waals surface area contributed by atoms with Gasteiger partial charge in [0, 0.05) is 0 Å². The smallest absolute Gasteiger partial charge is 0.257 e. The van der Waals surface area contributed by atoms with Gasteiger partial charge in [-0.3, -0.25) is 19.6 Å². The molecule has 0 aromatic carbocycles. The predicted octanol–water partition coefficient (Wildman–Crippen LogP) is 2.62. The lowest BCUT2D eigenvalue weighted by Gasteiger charge is -2.18. The molecule has 0 atom stereocenters. The van der Waals surface area contributed by atoms with Crippen LogP contribution in [0.15, 0.2) is 0 Å². The predicted molar refractivity (Wildman–Crippen MR) is 76.5 cm³/mol. The van der Waals surface area contributed by atoms with Crippen molar-refractivity contribution in [3.05, 3.63) is 0 Å². The van der Waals surface area contributed by atoms with Crippen molar-refractivity contribution < 1.29 is 48.7 Å². The number of carbonyl (C=O) groups is 2. The van der Waals surface area contributed by atoms with Crippen molar-refractivity contribution in [1.29, 1.82) is 0 Å². The van der Waals surface area contributed by atoms with Crippen molar-refractivity contribution in [2.75, 3.05) is 13.2 Å². The van der Waals surface area contributed by atoms with Gasteiger partial charge in [-0.15, -0.1) is 0 Å². The molecule has 0 aliphatic carbocycles. The molecule has 0 unspecified atom stereocenters. The summed E-state index contributed by atoms with van der Waals surface area (Å²) in [5, 5.41) is 0. The van der Waals surface area contributed by atoms with Gasteiger partial charge in [0.05, 0.1) is 13.2 Å². The second kappa shape index (κ2) is 10.7. The lowest BCUT2D eigenvalue weighted by atomic mass is 10.1. The van der Waals surface area contributed by atoms with E-state index in [-0.39, 0.29) is 13.2 Å². The van der Waals surface area contributed by atoms with Crippen LogP contribution in [-0.2, 0) is 39.1 Å². The summed E-state index contributed by atoms with van der Waals surface area (Å²) in [6.45, 7) is 9.66. The normalized spacial score (nSPS) is 11.1. The average molecular weight is 350 g/mol. The molecule has 0 amide bonds. The van der Waals surface area contributed by atoms with Crippen molar-refractivity contribution in [2.45, 2.75) is 52.7 Å². The molecule has 0 heterocycles. The Balaban J connectivity index is 4.41. The second-order valence-electron chi connectivity index (χ2n) is 5.08. The van der Waals surface area contributed by atoms with Crippen LogP contribution >= 0.6 is 0 Å². The van der Waals surface area contributed by atoms with Crippen LogP contribution in [0.25, 0.3) is 0 Å². The fourth-order valence-electron chi connectivity index (χ4n) is 0.861. The van der Waals surface area contributed by atoms with E-state index in [1.807, 2.05) is 0 Å². The largest absolute Gasteiger partial charge is 0.573 e. The molecule has 10 nitrogen and oxygen atoms in total. The number of hydrogen-bond donors (Lipinski definition) is 0. The lowest BCUT2D eigenvalue weighted by molar-refractivity contribution is -0.344. The zero-order chi connectivity index (χ0) is 18.6. The molecule has 138 valence electrons. The lowest BCUT2D eigenvalue weighted by Crippen LogP contribution is -2.28. The first kappa shape index (κ1) is 21.9. The molecule has 0 rings (SSSR count). The van der Waals surface area contributed by atoms with Crippen LogP contribution in [0.1, 0.15) is 41.5 Å². The molecule has 0 aromatic heterocycles. The Kier molecular flexibility index (Phi) is 9.75. The van der Waals surface area contributed by atoms with E-state index in [0.29, 0.717) is 0 Å². The summed E-state index contributed by atoms with van der Waals surface area (Å²) in [6, 6.07) is 0. The quantitative estimate of drug-likeness (QED) is 0.368. The van der Waals surface area contributed by atoms with Crippen LogP contribution in [0.3, 0.4) is 0 Å². The van der Waals surface area contributed by atoms with E-state index in [1.54, 1.807) is 13.8 Å². The van der Waals surface area contributed by atoms with Gasteiger partial charge < -0.3 is 0 Å². The summed E-state index contributed by atoms with van der Waals surface area (Å²) >= 11 is 0. The minimum Gasteiger partial charge on any atom is -0.257 e. The van der Waals surface area contributed by atoms with Crippen LogP contribution in [0, 0.1) is 11.8 Å². The van der Waals surface area contributed by atoms with Gasteiger partial charge in [0.25, 0.3) is 0 Å². The van der Waals surface area contributed by atoms with Crippen LogP contribution in [-0.4, -0.2) is 36.7 Å². The van der Waals surface area contributed by atoms with E-state index >= 15 is 0 Å². The summed E-state index contributed by atoms with van der Waals surface area (Å²) in [6.07, 6.45) is -2.35. The average Bonchev–Trinajstić information content (AvgIpc) is 2.53. The topological polar surface area (TPSA) is 108 Å². The highest BCUT2D eigenvalue weighted by atomic mass is 17.3. The van der Waals surface area contributed by atoms with Gasteiger partial charge >= 0.3 is 12.3 Å². The molecule has 0 aliphatic heterocycles. The van der Waals surface area contributed by atoms with Gasteiger partial charge in [0.15, 0.2) is 11.2 Å². The highest BCUT2D eigenvalue weighted by Crippen LogP contribution is 2.13. The van der Waals surface area contributed by atoms with E-state index in [9.17, 15) is 9.59 Å². The minimum absolute atomic E-state index is 0.162. The third-order valence-electron chi connectivity index (χ3n) is 1.79. The maximum absolute atomic E-state index is 11.1. The Morgan fingerprint density at radius 2 is 1.04 bits per heavy atom. The molecule has 24 heavy (non-hydrogen) atoms. The van der Waals surface area contributed by atoms with E-state index < -0.39 is 23.5 Å². The van der Waals surface area contributed by atoms with Crippen molar-refractivity contribution in [3.8, 4) is 11.8 Å². The highest BCUT2D eigenvalue weighted by molar-refractivity contribution is 5.58. The van der Waals surface area contributed by atoms with E-state index in [0.717, 1.165) is 0 Å².